The lowest BCUT2D eigenvalue weighted by Crippen LogP contribution is -2.45. The second-order valence-corrected chi connectivity index (χ2v) is 4.84. The Labute approximate surface area is 159 Å². The van der Waals surface area contributed by atoms with E-state index in [0.717, 1.165) is 0 Å². The average molecular weight is 443 g/mol. The molecule has 1 aromatic rings. The number of amides is 2. The Hall–Kier alpha value is -2.28. The molecule has 0 aliphatic heterocycles. The molecule has 0 saturated carbocycles. The molecule has 0 radical (unpaired) electrons. The van der Waals surface area contributed by atoms with E-state index in [9.17, 15) is 9.59 Å². The number of carbonyl (C=O) groups excluding carboxylic acids is 2. The van der Waals surface area contributed by atoms with E-state index in [1.54, 1.807) is 45.4 Å². The topological polar surface area (TPSA) is 85.8 Å². The zero-order chi connectivity index (χ0) is 17.2. The van der Waals surface area contributed by atoms with E-state index >= 15 is 0 Å². The molecule has 0 bridgehead atoms. The van der Waals surface area contributed by atoms with E-state index < -0.39 is 0 Å². The van der Waals surface area contributed by atoms with Gasteiger partial charge in [0.2, 0.25) is 11.8 Å². The number of aliphatic imine (C=N–C) groups is 1. The number of likely N-dealkylation sites (N-methyl/N-ethyl adjacent to an activating group) is 1. The number of terminal acetylenes is 1. The predicted octanol–water partition coefficient (Wildman–Crippen LogP) is 0.478. The minimum atomic E-state index is -0.249. The second-order valence-electron chi connectivity index (χ2n) is 4.84. The van der Waals surface area contributed by atoms with Crippen LogP contribution in [0.1, 0.15) is 5.56 Å². The fourth-order valence-corrected chi connectivity index (χ4v) is 1.59. The summed E-state index contributed by atoms with van der Waals surface area (Å²) in [5.74, 6) is 2.53. The fourth-order valence-electron chi connectivity index (χ4n) is 1.59. The van der Waals surface area contributed by atoms with Gasteiger partial charge in [-0.1, -0.05) is 12.0 Å². The Kier molecular flexibility index (Phi) is 10.2. The number of nitrogens with one attached hydrogen (secondary N) is 3. The fraction of sp³-hybridized carbons (Fsp3) is 0.312. The molecule has 0 saturated heterocycles. The van der Waals surface area contributed by atoms with Crippen LogP contribution in [0.15, 0.2) is 29.3 Å². The van der Waals surface area contributed by atoms with Gasteiger partial charge in [0.25, 0.3) is 0 Å². The van der Waals surface area contributed by atoms with Crippen molar-refractivity contribution < 1.29 is 9.59 Å². The largest absolute Gasteiger partial charge is 0.347 e. The van der Waals surface area contributed by atoms with Crippen LogP contribution < -0.4 is 16.0 Å². The lowest BCUT2D eigenvalue weighted by atomic mass is 10.2. The standard InChI is InChI=1S/C16H21N5O2.HI/c1-5-12-7-6-8-13(9-12)20-14(22)10-18-16(17-2)19-11-15(23)21(3)4;/h1,6-9H,10-11H2,2-4H3,(H,20,22)(H2,17,18,19);1H. The molecule has 0 aliphatic rings. The van der Waals surface area contributed by atoms with E-state index in [1.807, 2.05) is 0 Å². The summed E-state index contributed by atoms with van der Waals surface area (Å²) >= 11 is 0. The Bertz CT molecular complexity index is 638. The number of hydrogen-bond acceptors (Lipinski definition) is 3. The zero-order valence-electron chi connectivity index (χ0n) is 13.9. The highest BCUT2D eigenvalue weighted by molar-refractivity contribution is 14.0. The average Bonchev–Trinajstić information content (AvgIpc) is 2.54. The smallest absolute Gasteiger partial charge is 0.243 e. The molecular formula is C16H22IN5O2. The molecule has 1 rings (SSSR count). The summed E-state index contributed by atoms with van der Waals surface area (Å²) in [4.78, 5) is 28.8. The van der Waals surface area contributed by atoms with Gasteiger partial charge in [0, 0.05) is 32.4 Å². The maximum Gasteiger partial charge on any atom is 0.243 e. The molecule has 24 heavy (non-hydrogen) atoms. The number of nitrogens with zero attached hydrogens (tertiary/aromatic N) is 2. The van der Waals surface area contributed by atoms with Crippen molar-refractivity contribution in [3.05, 3.63) is 29.8 Å². The van der Waals surface area contributed by atoms with E-state index in [2.05, 4.69) is 26.9 Å². The summed E-state index contributed by atoms with van der Waals surface area (Å²) in [6, 6.07) is 7.01. The van der Waals surface area contributed by atoms with E-state index in [1.165, 1.54) is 4.90 Å². The van der Waals surface area contributed by atoms with Crippen LogP contribution in [0.25, 0.3) is 0 Å². The van der Waals surface area contributed by atoms with Crippen molar-refractivity contribution >= 4 is 47.4 Å². The Morgan fingerprint density at radius 3 is 2.50 bits per heavy atom. The van der Waals surface area contributed by atoms with Crippen molar-refractivity contribution in [2.45, 2.75) is 0 Å². The van der Waals surface area contributed by atoms with Crippen LogP contribution in [0, 0.1) is 12.3 Å². The quantitative estimate of drug-likeness (QED) is 0.268. The summed E-state index contributed by atoms with van der Waals surface area (Å²) in [5.41, 5.74) is 1.31. The maximum atomic E-state index is 11.9. The van der Waals surface area contributed by atoms with E-state index in [4.69, 9.17) is 6.42 Å². The molecule has 0 unspecified atom stereocenters. The lowest BCUT2D eigenvalue weighted by molar-refractivity contribution is -0.127. The monoisotopic (exact) mass is 443 g/mol. The SMILES string of the molecule is C#Cc1cccc(NC(=O)CNC(=NC)NCC(=O)N(C)C)c1.I. The first-order valence-electron chi connectivity index (χ1n) is 6.97. The van der Waals surface area contributed by atoms with Crippen molar-refractivity contribution in [2.24, 2.45) is 4.99 Å². The highest BCUT2D eigenvalue weighted by Gasteiger charge is 2.07. The van der Waals surface area contributed by atoms with E-state index in [-0.39, 0.29) is 48.9 Å². The van der Waals surface area contributed by atoms with Crippen molar-refractivity contribution in [3.8, 4) is 12.3 Å². The summed E-state index contributed by atoms with van der Waals surface area (Å²) in [6.07, 6.45) is 5.31. The third kappa shape index (κ3) is 7.82. The predicted molar refractivity (Wildman–Crippen MR) is 106 cm³/mol. The molecule has 2 amide bonds. The van der Waals surface area contributed by atoms with Gasteiger partial charge in [0.15, 0.2) is 5.96 Å². The second kappa shape index (κ2) is 11.3. The van der Waals surface area contributed by atoms with Crippen LogP contribution in [0.3, 0.4) is 0 Å². The number of guanidine groups is 1. The Balaban J connectivity index is 0.00000529. The van der Waals surface area contributed by atoms with Crippen LogP contribution in [0.5, 0.6) is 0 Å². The van der Waals surface area contributed by atoms with Gasteiger partial charge in [-0.15, -0.1) is 30.4 Å². The number of benzene rings is 1. The summed E-state index contributed by atoms with van der Waals surface area (Å²) in [7, 11) is 4.89. The molecule has 7 nitrogen and oxygen atoms in total. The first-order chi connectivity index (χ1) is 11.0. The molecule has 0 aliphatic carbocycles. The van der Waals surface area contributed by atoms with Gasteiger partial charge >= 0.3 is 0 Å². The molecule has 8 heteroatoms. The molecule has 1 aromatic carbocycles. The molecule has 0 heterocycles. The van der Waals surface area contributed by atoms with Crippen LogP contribution in [0.4, 0.5) is 5.69 Å². The van der Waals surface area contributed by atoms with Gasteiger partial charge in [-0.2, -0.15) is 0 Å². The van der Waals surface area contributed by atoms with Gasteiger partial charge in [-0.25, -0.2) is 0 Å². The van der Waals surface area contributed by atoms with Gasteiger partial charge in [0.05, 0.1) is 13.1 Å². The van der Waals surface area contributed by atoms with Gasteiger partial charge in [-0.05, 0) is 18.2 Å². The molecule has 0 fully saturated rings. The van der Waals surface area contributed by atoms with Gasteiger partial charge in [-0.3, -0.25) is 14.6 Å². The number of halogens is 1. The Morgan fingerprint density at radius 2 is 1.92 bits per heavy atom. The highest BCUT2D eigenvalue weighted by Crippen LogP contribution is 2.09. The Morgan fingerprint density at radius 1 is 1.25 bits per heavy atom. The van der Waals surface area contributed by atoms with Crippen molar-refractivity contribution in [1.82, 2.24) is 15.5 Å². The van der Waals surface area contributed by atoms with Crippen molar-refractivity contribution in [1.29, 1.82) is 0 Å². The summed E-state index contributed by atoms with van der Waals surface area (Å²) in [5, 5.41) is 8.38. The van der Waals surface area contributed by atoms with Crippen LogP contribution >= 0.6 is 24.0 Å². The molecule has 3 N–H and O–H groups in total. The van der Waals surface area contributed by atoms with Crippen LogP contribution in [-0.4, -0.2) is 56.9 Å². The number of anilines is 1. The first kappa shape index (κ1) is 21.7. The van der Waals surface area contributed by atoms with Crippen LogP contribution in [0.2, 0.25) is 0 Å². The third-order valence-electron chi connectivity index (χ3n) is 2.86. The summed E-state index contributed by atoms with van der Waals surface area (Å²) in [6.45, 7) is 0.106. The molecule has 0 spiro atoms. The van der Waals surface area contributed by atoms with Gasteiger partial charge in [0.1, 0.15) is 0 Å². The molecule has 130 valence electrons. The lowest BCUT2D eigenvalue weighted by Gasteiger charge is -2.14. The summed E-state index contributed by atoms with van der Waals surface area (Å²) < 4.78 is 0. The van der Waals surface area contributed by atoms with Crippen molar-refractivity contribution in [3.63, 3.8) is 0 Å². The molecular weight excluding hydrogens is 421 g/mol. The van der Waals surface area contributed by atoms with E-state index in [0.29, 0.717) is 17.2 Å². The number of carbonyl (C=O) groups is 2. The van der Waals surface area contributed by atoms with Crippen molar-refractivity contribution in [2.75, 3.05) is 39.5 Å². The number of hydrogen-bond donors (Lipinski definition) is 3. The van der Waals surface area contributed by atoms with Gasteiger partial charge < -0.3 is 20.9 Å². The molecule has 0 aromatic heterocycles. The third-order valence-corrected chi connectivity index (χ3v) is 2.86. The highest BCUT2D eigenvalue weighted by atomic mass is 127. The maximum absolute atomic E-state index is 11.9. The first-order valence-corrected chi connectivity index (χ1v) is 6.97. The molecule has 0 atom stereocenters. The minimum absolute atomic E-state index is 0. The zero-order valence-corrected chi connectivity index (χ0v) is 16.3. The normalized spacial score (nSPS) is 10.0. The minimum Gasteiger partial charge on any atom is -0.347 e. The van der Waals surface area contributed by atoms with Crippen LogP contribution in [-0.2, 0) is 9.59 Å². The number of rotatable bonds is 5.